The zero-order valence-corrected chi connectivity index (χ0v) is 18.8. The van der Waals surface area contributed by atoms with Gasteiger partial charge >= 0.3 is 0 Å². The number of carbonyl (C=O) groups excluding carboxylic acids is 1. The topological polar surface area (TPSA) is 148 Å². The van der Waals surface area contributed by atoms with Crippen molar-refractivity contribution in [3.05, 3.63) is 94.5 Å². The average Bonchev–Trinajstić information content (AvgIpc) is 3.30. The molecule has 0 bridgehead atoms. The second-order valence-electron chi connectivity index (χ2n) is 7.55. The van der Waals surface area contributed by atoms with Crippen molar-refractivity contribution in [3.63, 3.8) is 0 Å². The van der Waals surface area contributed by atoms with Gasteiger partial charge in [-0.05, 0) is 30.3 Å². The summed E-state index contributed by atoms with van der Waals surface area (Å²) in [5.41, 5.74) is -0.0669. The van der Waals surface area contributed by atoms with Crippen LogP contribution in [0.2, 0.25) is 0 Å². The minimum absolute atomic E-state index is 0.0292. The first-order valence-corrected chi connectivity index (χ1v) is 10.6. The summed E-state index contributed by atoms with van der Waals surface area (Å²) < 4.78 is 7.53. The molecule has 2 aromatic carbocycles. The molecule has 36 heavy (non-hydrogen) atoms. The normalized spacial score (nSPS) is 10.7. The predicted molar refractivity (Wildman–Crippen MR) is 130 cm³/mol. The highest BCUT2D eigenvalue weighted by molar-refractivity contribution is 6.04. The second-order valence-corrected chi connectivity index (χ2v) is 7.55. The van der Waals surface area contributed by atoms with Gasteiger partial charge in [-0.2, -0.15) is 24.8 Å². The van der Waals surface area contributed by atoms with E-state index < -0.39 is 22.9 Å². The van der Waals surface area contributed by atoms with Crippen LogP contribution < -0.4 is 15.6 Å². The third kappa shape index (κ3) is 3.88. The molecule has 11 nitrogen and oxygen atoms in total. The van der Waals surface area contributed by atoms with E-state index in [4.69, 9.17) is 4.74 Å². The molecule has 5 aromatic rings. The number of hydrogen-bond acceptors (Lipinski definition) is 8. The molecule has 3 aromatic heterocycles. The lowest BCUT2D eigenvalue weighted by molar-refractivity contribution is 0.101. The van der Waals surface area contributed by atoms with E-state index in [1.54, 1.807) is 30.3 Å². The number of nitrogens with one attached hydrogen (secondary N) is 1. The number of hydrogen-bond donors (Lipinski definition) is 2. The molecule has 0 aliphatic carbocycles. The molecule has 3 heterocycles. The van der Waals surface area contributed by atoms with Crippen molar-refractivity contribution in [2.75, 3.05) is 12.4 Å². The van der Waals surface area contributed by atoms with Crippen LogP contribution in [0.3, 0.4) is 0 Å². The van der Waals surface area contributed by atoms with E-state index in [-0.39, 0.29) is 17.1 Å². The lowest BCUT2D eigenvalue weighted by Crippen LogP contribution is -2.26. The molecule has 1 amide bonds. The number of ether oxygens (including phenoxy) is 1. The number of methoxy groups -OCH3 is 1. The Bertz CT molecular complexity index is 1730. The first-order chi connectivity index (χ1) is 17.5. The number of fused-ring (bicyclic) bond motifs is 1. The van der Waals surface area contributed by atoms with Crippen molar-refractivity contribution in [1.82, 2.24) is 24.5 Å². The first kappa shape index (κ1) is 22.3. The Morgan fingerprint density at radius 2 is 1.86 bits per heavy atom. The average molecular weight is 479 g/mol. The van der Waals surface area contributed by atoms with Crippen molar-refractivity contribution in [2.45, 2.75) is 0 Å². The van der Waals surface area contributed by atoms with Crippen molar-refractivity contribution >= 4 is 22.6 Å². The number of para-hydroxylation sites is 3. The Kier molecular flexibility index (Phi) is 5.60. The van der Waals surface area contributed by atoms with Gasteiger partial charge in [0.1, 0.15) is 23.1 Å². The van der Waals surface area contributed by atoms with E-state index in [2.05, 4.69) is 20.5 Å². The van der Waals surface area contributed by atoms with Crippen molar-refractivity contribution in [3.8, 4) is 29.1 Å². The monoisotopic (exact) mass is 479 g/mol. The summed E-state index contributed by atoms with van der Waals surface area (Å²) >= 11 is 0. The van der Waals surface area contributed by atoms with Gasteiger partial charge in [-0.3, -0.25) is 9.59 Å². The van der Waals surface area contributed by atoms with Gasteiger partial charge in [-0.1, -0.05) is 30.3 Å². The van der Waals surface area contributed by atoms with Crippen molar-refractivity contribution in [1.29, 1.82) is 5.26 Å². The van der Waals surface area contributed by atoms with Crippen LogP contribution in [0, 0.1) is 11.3 Å². The highest BCUT2D eigenvalue weighted by atomic mass is 16.5. The molecular formula is C25H17N7O4. The highest BCUT2D eigenvalue weighted by Gasteiger charge is 2.22. The number of nitrogens with zero attached hydrogens (tertiary/aromatic N) is 6. The van der Waals surface area contributed by atoms with Gasteiger partial charge < -0.3 is 15.2 Å². The number of anilines is 1. The van der Waals surface area contributed by atoms with Crippen LogP contribution in [0.4, 0.5) is 5.82 Å². The molecule has 0 fully saturated rings. The Morgan fingerprint density at radius 1 is 1.08 bits per heavy atom. The molecule has 0 atom stereocenters. The summed E-state index contributed by atoms with van der Waals surface area (Å²) in [6.07, 6.45) is 1.29. The minimum Gasteiger partial charge on any atom is -0.505 e. The molecule has 0 saturated carbocycles. The maximum atomic E-state index is 13.2. The van der Waals surface area contributed by atoms with Gasteiger partial charge in [-0.15, -0.1) is 0 Å². The SMILES string of the molecule is COc1ccccc1-n1nc(C(=O)Nc2c(C#N)cnn2-c2ccc3ccccc3n2)c(O)cc1=O. The lowest BCUT2D eigenvalue weighted by Gasteiger charge is -2.13. The maximum Gasteiger partial charge on any atom is 0.281 e. The van der Waals surface area contributed by atoms with E-state index in [9.17, 15) is 20.0 Å². The molecule has 5 rings (SSSR count). The standard InChI is InChI=1S/C25H17N7O4/c1-36-20-9-5-4-8-18(20)31-22(34)12-19(33)23(30-31)25(35)29-24-16(13-26)14-27-32(24)21-11-10-15-6-2-3-7-17(15)28-21/h2-12,14,33H,1H3,(H,29,35). The fraction of sp³-hybridized carbons (Fsp3) is 0.0400. The predicted octanol–water partition coefficient (Wildman–Crippen LogP) is 2.80. The lowest BCUT2D eigenvalue weighted by atomic mass is 10.2. The largest absolute Gasteiger partial charge is 0.505 e. The van der Waals surface area contributed by atoms with Crippen LogP contribution >= 0.6 is 0 Å². The molecule has 0 spiro atoms. The van der Waals surface area contributed by atoms with Crippen LogP contribution in [-0.2, 0) is 0 Å². The maximum absolute atomic E-state index is 13.2. The molecule has 11 heteroatoms. The minimum atomic E-state index is -0.866. The number of aromatic nitrogens is 5. The molecule has 0 aliphatic rings. The van der Waals surface area contributed by atoms with E-state index >= 15 is 0 Å². The Labute approximate surface area is 203 Å². The van der Waals surface area contributed by atoms with Gasteiger partial charge in [0.25, 0.3) is 11.5 Å². The second kappa shape index (κ2) is 9.03. The summed E-state index contributed by atoms with van der Waals surface area (Å²) in [5, 5.41) is 31.7. The van der Waals surface area contributed by atoms with E-state index in [0.29, 0.717) is 17.1 Å². The van der Waals surface area contributed by atoms with E-state index in [1.165, 1.54) is 18.0 Å². The number of benzene rings is 2. The Balaban J connectivity index is 1.56. The summed E-state index contributed by atoms with van der Waals surface area (Å²) in [4.78, 5) is 30.3. The first-order valence-electron chi connectivity index (χ1n) is 10.6. The van der Waals surface area contributed by atoms with Crippen LogP contribution in [0.5, 0.6) is 11.5 Å². The molecule has 176 valence electrons. The zero-order chi connectivity index (χ0) is 25.2. The van der Waals surface area contributed by atoms with Crippen LogP contribution in [0.25, 0.3) is 22.4 Å². The van der Waals surface area contributed by atoms with Gasteiger partial charge in [-0.25, -0.2) is 4.98 Å². The third-order valence-electron chi connectivity index (χ3n) is 5.36. The van der Waals surface area contributed by atoms with E-state index in [1.807, 2.05) is 36.4 Å². The number of nitriles is 1. The molecule has 0 unspecified atom stereocenters. The molecule has 0 saturated heterocycles. The smallest absolute Gasteiger partial charge is 0.281 e. The molecular weight excluding hydrogens is 462 g/mol. The third-order valence-corrected chi connectivity index (χ3v) is 5.36. The molecule has 0 aliphatic heterocycles. The summed E-state index contributed by atoms with van der Waals surface area (Å²) in [5.74, 6) is -0.758. The number of rotatable bonds is 5. The molecule has 2 N–H and O–H groups in total. The summed E-state index contributed by atoms with van der Waals surface area (Å²) in [6.45, 7) is 0. The van der Waals surface area contributed by atoms with Crippen molar-refractivity contribution < 1.29 is 14.6 Å². The summed E-state index contributed by atoms with van der Waals surface area (Å²) in [7, 11) is 1.43. The van der Waals surface area contributed by atoms with Crippen LogP contribution in [0.15, 0.2) is 77.7 Å². The highest BCUT2D eigenvalue weighted by Crippen LogP contribution is 2.24. The number of amides is 1. The van der Waals surface area contributed by atoms with Gasteiger partial charge in [0.2, 0.25) is 0 Å². The van der Waals surface area contributed by atoms with Crippen molar-refractivity contribution in [2.24, 2.45) is 0 Å². The number of pyridine rings is 1. The Morgan fingerprint density at radius 3 is 2.67 bits per heavy atom. The zero-order valence-electron chi connectivity index (χ0n) is 18.8. The van der Waals surface area contributed by atoms with E-state index in [0.717, 1.165) is 16.1 Å². The fourth-order valence-corrected chi connectivity index (χ4v) is 3.65. The quantitative estimate of drug-likeness (QED) is 0.391. The number of aromatic hydroxyl groups is 1. The van der Waals surface area contributed by atoms with Crippen LogP contribution in [-0.4, -0.2) is 42.7 Å². The van der Waals surface area contributed by atoms with Gasteiger partial charge in [0, 0.05) is 11.5 Å². The van der Waals surface area contributed by atoms with Crippen LogP contribution in [0.1, 0.15) is 16.1 Å². The fourth-order valence-electron chi connectivity index (χ4n) is 3.65. The Hall–Kier alpha value is -5.50. The van der Waals surface area contributed by atoms with Gasteiger partial charge in [0.15, 0.2) is 23.1 Å². The van der Waals surface area contributed by atoms with Gasteiger partial charge in [0.05, 0.1) is 18.8 Å². The number of carbonyl (C=O) groups is 1. The molecule has 0 radical (unpaired) electrons. The summed E-state index contributed by atoms with van der Waals surface area (Å²) in [6, 6.07) is 20.5.